The zero-order chi connectivity index (χ0) is 12.3. The first kappa shape index (κ1) is 16.2. The van der Waals surface area contributed by atoms with Crippen LogP contribution in [0.3, 0.4) is 0 Å². The van der Waals surface area contributed by atoms with Gasteiger partial charge in [0.15, 0.2) is 0 Å². The zero-order valence-corrected chi connectivity index (χ0v) is 11.3. The molecule has 1 aromatic carbocycles. The largest absolute Gasteiger partial charge is 0.324 e. The average Bonchev–Trinajstić information content (AvgIpc) is 2.16. The third-order valence-corrected chi connectivity index (χ3v) is 2.66. The summed E-state index contributed by atoms with van der Waals surface area (Å²) >= 11 is 5.98. The van der Waals surface area contributed by atoms with E-state index in [1.807, 2.05) is 13.8 Å². The first-order valence-electron chi connectivity index (χ1n) is 5.11. The maximum Gasteiger partial charge on any atom is 0.269 e. The van der Waals surface area contributed by atoms with Crippen LogP contribution in [0.5, 0.6) is 0 Å². The van der Waals surface area contributed by atoms with Gasteiger partial charge in [-0.25, -0.2) is 0 Å². The molecule has 0 saturated heterocycles. The Bertz CT molecular complexity index is 397. The summed E-state index contributed by atoms with van der Waals surface area (Å²) < 4.78 is 0. The lowest BCUT2D eigenvalue weighted by atomic mass is 9.97. The molecule has 17 heavy (non-hydrogen) atoms. The summed E-state index contributed by atoms with van der Waals surface area (Å²) in [6.45, 7) is 4.09. The van der Waals surface area contributed by atoms with Gasteiger partial charge in [-0.1, -0.05) is 25.4 Å². The number of rotatable bonds is 4. The van der Waals surface area contributed by atoms with Gasteiger partial charge < -0.3 is 5.73 Å². The lowest BCUT2D eigenvalue weighted by molar-refractivity contribution is -0.384. The van der Waals surface area contributed by atoms with E-state index in [4.69, 9.17) is 17.3 Å². The van der Waals surface area contributed by atoms with E-state index in [0.29, 0.717) is 16.5 Å². The zero-order valence-electron chi connectivity index (χ0n) is 9.72. The highest BCUT2D eigenvalue weighted by atomic mass is 35.5. The minimum atomic E-state index is -0.443. The van der Waals surface area contributed by atoms with Gasteiger partial charge in [-0.2, -0.15) is 0 Å². The minimum absolute atomic E-state index is 0. The van der Waals surface area contributed by atoms with E-state index in [2.05, 4.69) is 0 Å². The van der Waals surface area contributed by atoms with Crippen LogP contribution in [0.4, 0.5) is 5.69 Å². The van der Waals surface area contributed by atoms with Crippen LogP contribution in [0.15, 0.2) is 18.2 Å². The molecule has 0 amide bonds. The van der Waals surface area contributed by atoms with Gasteiger partial charge in [0.05, 0.1) is 4.92 Å². The van der Waals surface area contributed by atoms with Gasteiger partial charge in [-0.3, -0.25) is 10.1 Å². The van der Waals surface area contributed by atoms with E-state index in [-0.39, 0.29) is 24.1 Å². The summed E-state index contributed by atoms with van der Waals surface area (Å²) in [4.78, 5) is 10.2. The molecule has 0 unspecified atom stereocenters. The van der Waals surface area contributed by atoms with E-state index in [0.717, 1.165) is 6.42 Å². The van der Waals surface area contributed by atoms with Crippen molar-refractivity contribution in [2.75, 3.05) is 0 Å². The van der Waals surface area contributed by atoms with Crippen LogP contribution in [-0.2, 0) is 0 Å². The summed E-state index contributed by atoms with van der Waals surface area (Å²) in [5, 5.41) is 11.1. The van der Waals surface area contributed by atoms with Crippen molar-refractivity contribution in [1.29, 1.82) is 0 Å². The van der Waals surface area contributed by atoms with Crippen molar-refractivity contribution in [3.8, 4) is 0 Å². The highest BCUT2D eigenvalue weighted by molar-refractivity contribution is 6.31. The van der Waals surface area contributed by atoms with Crippen molar-refractivity contribution in [2.24, 2.45) is 11.7 Å². The molecule has 0 aliphatic rings. The van der Waals surface area contributed by atoms with Crippen LogP contribution in [0, 0.1) is 16.0 Å². The number of nitrogens with two attached hydrogens (primary N) is 1. The fraction of sp³-hybridized carbons (Fsp3) is 0.455. The Kier molecular flexibility index (Phi) is 6.45. The molecule has 1 atom stereocenters. The number of nitrogens with zero attached hydrogens (tertiary/aromatic N) is 1. The Balaban J connectivity index is 0.00000256. The number of hydrogen-bond donors (Lipinski definition) is 1. The molecule has 4 nitrogen and oxygen atoms in total. The van der Waals surface area contributed by atoms with Crippen molar-refractivity contribution in [3.63, 3.8) is 0 Å². The Morgan fingerprint density at radius 2 is 2.06 bits per heavy atom. The van der Waals surface area contributed by atoms with Gasteiger partial charge in [0, 0.05) is 23.2 Å². The van der Waals surface area contributed by atoms with E-state index < -0.39 is 4.92 Å². The molecule has 0 bridgehead atoms. The van der Waals surface area contributed by atoms with Crippen molar-refractivity contribution < 1.29 is 4.92 Å². The van der Waals surface area contributed by atoms with Crippen LogP contribution in [0.25, 0.3) is 0 Å². The molecule has 0 fully saturated rings. The average molecular weight is 279 g/mol. The number of nitro groups is 1. The number of benzene rings is 1. The van der Waals surface area contributed by atoms with Crippen LogP contribution in [0.1, 0.15) is 31.9 Å². The molecule has 0 heterocycles. The van der Waals surface area contributed by atoms with Crippen molar-refractivity contribution >= 4 is 29.7 Å². The summed E-state index contributed by atoms with van der Waals surface area (Å²) in [6.07, 6.45) is 0.751. The lowest BCUT2D eigenvalue weighted by Crippen LogP contribution is -2.13. The third kappa shape index (κ3) is 4.50. The molecule has 0 spiro atoms. The Labute approximate surface area is 112 Å². The molecule has 0 saturated carbocycles. The predicted octanol–water partition coefficient (Wildman–Crippen LogP) is 3.72. The third-order valence-electron chi connectivity index (χ3n) is 2.32. The Hall–Kier alpha value is -0.840. The smallest absolute Gasteiger partial charge is 0.269 e. The van der Waals surface area contributed by atoms with Gasteiger partial charge in [0.1, 0.15) is 0 Å². The Morgan fingerprint density at radius 1 is 1.47 bits per heavy atom. The molecular weight excluding hydrogens is 263 g/mol. The molecule has 2 N–H and O–H groups in total. The maximum atomic E-state index is 10.6. The molecular formula is C11H16Cl2N2O2. The van der Waals surface area contributed by atoms with Gasteiger partial charge in [-0.15, -0.1) is 12.4 Å². The minimum Gasteiger partial charge on any atom is -0.324 e. The fourth-order valence-electron chi connectivity index (χ4n) is 1.56. The summed E-state index contributed by atoms with van der Waals surface area (Å²) in [5.41, 5.74) is 6.63. The summed E-state index contributed by atoms with van der Waals surface area (Å²) in [7, 11) is 0. The van der Waals surface area contributed by atoms with E-state index >= 15 is 0 Å². The van der Waals surface area contributed by atoms with E-state index in [1.54, 1.807) is 0 Å². The van der Waals surface area contributed by atoms with Gasteiger partial charge in [-0.05, 0) is 24.0 Å². The molecule has 1 rings (SSSR count). The van der Waals surface area contributed by atoms with Crippen molar-refractivity contribution in [3.05, 3.63) is 38.9 Å². The number of hydrogen-bond acceptors (Lipinski definition) is 3. The van der Waals surface area contributed by atoms with E-state index in [1.165, 1.54) is 18.2 Å². The molecule has 96 valence electrons. The van der Waals surface area contributed by atoms with Crippen LogP contribution < -0.4 is 5.73 Å². The lowest BCUT2D eigenvalue weighted by Gasteiger charge is -2.15. The second kappa shape index (κ2) is 6.79. The molecule has 6 heteroatoms. The van der Waals surface area contributed by atoms with E-state index in [9.17, 15) is 10.1 Å². The molecule has 0 aliphatic carbocycles. The van der Waals surface area contributed by atoms with Crippen LogP contribution in [-0.4, -0.2) is 4.92 Å². The second-order valence-electron chi connectivity index (χ2n) is 4.20. The maximum absolute atomic E-state index is 10.6. The highest BCUT2D eigenvalue weighted by Gasteiger charge is 2.16. The monoisotopic (exact) mass is 278 g/mol. The number of halogens is 2. The van der Waals surface area contributed by atoms with Gasteiger partial charge >= 0.3 is 0 Å². The SMILES string of the molecule is CC(C)C[C@H](N)c1cc([N+](=O)[O-])ccc1Cl.Cl. The van der Waals surface area contributed by atoms with Gasteiger partial charge in [0.25, 0.3) is 5.69 Å². The van der Waals surface area contributed by atoms with Gasteiger partial charge in [0.2, 0.25) is 0 Å². The van der Waals surface area contributed by atoms with Crippen molar-refractivity contribution in [2.45, 2.75) is 26.3 Å². The fourth-order valence-corrected chi connectivity index (χ4v) is 1.82. The molecule has 1 aromatic rings. The van der Waals surface area contributed by atoms with Crippen molar-refractivity contribution in [1.82, 2.24) is 0 Å². The van der Waals surface area contributed by atoms with Crippen LogP contribution in [0.2, 0.25) is 5.02 Å². The first-order chi connectivity index (χ1) is 7.41. The van der Waals surface area contributed by atoms with Crippen LogP contribution >= 0.6 is 24.0 Å². The predicted molar refractivity (Wildman–Crippen MR) is 71.7 cm³/mol. The quantitative estimate of drug-likeness (QED) is 0.674. The highest BCUT2D eigenvalue weighted by Crippen LogP contribution is 2.29. The first-order valence-corrected chi connectivity index (χ1v) is 5.49. The number of nitro benzene ring substituents is 1. The molecule has 0 aromatic heterocycles. The molecule has 0 radical (unpaired) electrons. The number of non-ortho nitro benzene ring substituents is 1. The summed E-state index contributed by atoms with van der Waals surface area (Å²) in [5.74, 6) is 0.422. The topological polar surface area (TPSA) is 69.2 Å². The Morgan fingerprint density at radius 3 is 2.53 bits per heavy atom. The second-order valence-corrected chi connectivity index (χ2v) is 4.61. The normalized spacial score (nSPS) is 12.1. The molecule has 0 aliphatic heterocycles. The standard InChI is InChI=1S/C11H15ClN2O2.ClH/c1-7(2)5-11(13)9-6-8(14(15)16)3-4-10(9)12;/h3-4,6-7,11H,5,13H2,1-2H3;1H/t11-;/m0./s1. The summed E-state index contributed by atoms with van der Waals surface area (Å²) in [6, 6.07) is 4.10.